The summed E-state index contributed by atoms with van der Waals surface area (Å²) in [5, 5.41) is 11.5. The standard InChI is InChI=1S/C11H19N3O/c1-10(5-6-12)13-9-11(15)14-7-3-2-4-8-14/h10,13H,2-5,7-9H2,1H3. The lowest BCUT2D eigenvalue weighted by Gasteiger charge is -2.27. The number of likely N-dealkylation sites (tertiary alicyclic amines) is 1. The van der Waals surface area contributed by atoms with Crippen LogP contribution in [0.25, 0.3) is 0 Å². The molecule has 0 aromatic carbocycles. The van der Waals surface area contributed by atoms with Crippen LogP contribution in [0.3, 0.4) is 0 Å². The SMILES string of the molecule is CC(CC#N)NCC(=O)N1CCCCC1. The number of rotatable bonds is 4. The highest BCUT2D eigenvalue weighted by Crippen LogP contribution is 2.08. The van der Waals surface area contributed by atoms with Crippen molar-refractivity contribution in [2.75, 3.05) is 19.6 Å². The fourth-order valence-electron chi connectivity index (χ4n) is 1.73. The Labute approximate surface area is 91.2 Å². The summed E-state index contributed by atoms with van der Waals surface area (Å²) in [5.41, 5.74) is 0. The molecule has 0 bridgehead atoms. The Hall–Kier alpha value is -1.08. The first-order chi connectivity index (χ1) is 7.24. The van der Waals surface area contributed by atoms with Gasteiger partial charge in [-0.2, -0.15) is 5.26 Å². The Balaban J connectivity index is 2.20. The number of nitriles is 1. The van der Waals surface area contributed by atoms with Gasteiger partial charge in [0, 0.05) is 19.1 Å². The first-order valence-corrected chi connectivity index (χ1v) is 5.62. The molecule has 0 spiro atoms. The lowest BCUT2D eigenvalue weighted by molar-refractivity contribution is -0.131. The van der Waals surface area contributed by atoms with E-state index in [0.717, 1.165) is 25.9 Å². The Morgan fingerprint density at radius 3 is 2.73 bits per heavy atom. The minimum atomic E-state index is 0.101. The molecule has 1 aliphatic heterocycles. The van der Waals surface area contributed by atoms with Gasteiger partial charge in [-0.15, -0.1) is 0 Å². The van der Waals surface area contributed by atoms with Crippen LogP contribution in [-0.2, 0) is 4.79 Å². The van der Waals surface area contributed by atoms with Gasteiger partial charge in [-0.3, -0.25) is 4.79 Å². The zero-order valence-corrected chi connectivity index (χ0v) is 9.33. The predicted octanol–water partition coefficient (Wildman–Crippen LogP) is 0.891. The number of amides is 1. The summed E-state index contributed by atoms with van der Waals surface area (Å²) in [6.07, 6.45) is 3.94. The van der Waals surface area contributed by atoms with Crippen molar-refractivity contribution in [3.05, 3.63) is 0 Å². The van der Waals surface area contributed by atoms with Crippen molar-refractivity contribution in [3.8, 4) is 6.07 Å². The largest absolute Gasteiger partial charge is 0.342 e. The highest BCUT2D eigenvalue weighted by Gasteiger charge is 2.16. The molecule has 1 N–H and O–H groups in total. The summed E-state index contributed by atoms with van der Waals surface area (Å²) >= 11 is 0. The topological polar surface area (TPSA) is 56.1 Å². The zero-order chi connectivity index (χ0) is 11.1. The Morgan fingerprint density at radius 1 is 1.47 bits per heavy atom. The average molecular weight is 209 g/mol. The quantitative estimate of drug-likeness (QED) is 0.748. The number of carbonyl (C=O) groups is 1. The molecule has 1 saturated heterocycles. The smallest absolute Gasteiger partial charge is 0.236 e. The van der Waals surface area contributed by atoms with E-state index >= 15 is 0 Å². The number of nitrogens with one attached hydrogen (secondary N) is 1. The van der Waals surface area contributed by atoms with Crippen molar-refractivity contribution in [1.29, 1.82) is 5.26 Å². The van der Waals surface area contributed by atoms with E-state index in [1.165, 1.54) is 6.42 Å². The van der Waals surface area contributed by atoms with Gasteiger partial charge in [0.1, 0.15) is 0 Å². The van der Waals surface area contributed by atoms with Crippen LogP contribution in [0.2, 0.25) is 0 Å². The normalized spacial score (nSPS) is 18.3. The third-order valence-electron chi connectivity index (χ3n) is 2.71. The molecule has 0 aromatic heterocycles. The van der Waals surface area contributed by atoms with Crippen LogP contribution in [-0.4, -0.2) is 36.5 Å². The lowest BCUT2D eigenvalue weighted by Crippen LogP contribution is -2.43. The van der Waals surface area contributed by atoms with Gasteiger partial charge in [0.2, 0.25) is 5.91 Å². The summed E-state index contributed by atoms with van der Waals surface area (Å²) in [6.45, 7) is 4.08. The van der Waals surface area contributed by atoms with Crippen molar-refractivity contribution in [1.82, 2.24) is 10.2 Å². The van der Waals surface area contributed by atoms with E-state index in [0.29, 0.717) is 13.0 Å². The van der Waals surface area contributed by atoms with Crippen molar-refractivity contribution < 1.29 is 4.79 Å². The molecule has 1 rings (SSSR count). The summed E-state index contributed by atoms with van der Waals surface area (Å²) in [5.74, 6) is 0.166. The maximum atomic E-state index is 11.7. The Bertz CT molecular complexity index is 241. The fraction of sp³-hybridized carbons (Fsp3) is 0.818. The molecule has 4 heteroatoms. The van der Waals surface area contributed by atoms with Gasteiger partial charge in [0.05, 0.1) is 19.0 Å². The molecule has 1 unspecified atom stereocenters. The monoisotopic (exact) mass is 209 g/mol. The minimum absolute atomic E-state index is 0.101. The van der Waals surface area contributed by atoms with Gasteiger partial charge >= 0.3 is 0 Å². The summed E-state index contributed by atoms with van der Waals surface area (Å²) in [7, 11) is 0. The number of nitrogens with zero attached hydrogens (tertiary/aromatic N) is 2. The first kappa shape index (κ1) is 12.0. The van der Waals surface area contributed by atoms with Crippen molar-refractivity contribution in [3.63, 3.8) is 0 Å². The molecule has 0 saturated carbocycles. The molecule has 1 amide bonds. The van der Waals surface area contributed by atoms with E-state index in [4.69, 9.17) is 5.26 Å². The molecule has 84 valence electrons. The predicted molar refractivity (Wildman–Crippen MR) is 58.1 cm³/mol. The highest BCUT2D eigenvalue weighted by molar-refractivity contribution is 5.78. The highest BCUT2D eigenvalue weighted by atomic mass is 16.2. The summed E-state index contributed by atoms with van der Waals surface area (Å²) < 4.78 is 0. The van der Waals surface area contributed by atoms with E-state index in [9.17, 15) is 4.79 Å². The maximum absolute atomic E-state index is 11.7. The van der Waals surface area contributed by atoms with Gasteiger partial charge < -0.3 is 10.2 Å². The molecule has 15 heavy (non-hydrogen) atoms. The maximum Gasteiger partial charge on any atom is 0.236 e. The molecular weight excluding hydrogens is 190 g/mol. The number of carbonyl (C=O) groups excluding carboxylic acids is 1. The second-order valence-corrected chi connectivity index (χ2v) is 4.09. The molecule has 1 atom stereocenters. The minimum Gasteiger partial charge on any atom is -0.342 e. The van der Waals surface area contributed by atoms with Crippen molar-refractivity contribution >= 4 is 5.91 Å². The van der Waals surface area contributed by atoms with E-state index < -0.39 is 0 Å². The number of piperidine rings is 1. The third kappa shape index (κ3) is 4.30. The molecule has 4 nitrogen and oxygen atoms in total. The summed E-state index contributed by atoms with van der Waals surface area (Å²) in [6, 6.07) is 2.18. The van der Waals surface area contributed by atoms with Crippen LogP contribution in [0.1, 0.15) is 32.6 Å². The molecule has 0 radical (unpaired) electrons. The number of hydrogen-bond donors (Lipinski definition) is 1. The van der Waals surface area contributed by atoms with Gasteiger partial charge in [-0.1, -0.05) is 0 Å². The van der Waals surface area contributed by atoms with Crippen LogP contribution in [0.15, 0.2) is 0 Å². The lowest BCUT2D eigenvalue weighted by atomic mass is 10.1. The third-order valence-corrected chi connectivity index (χ3v) is 2.71. The van der Waals surface area contributed by atoms with E-state index in [-0.39, 0.29) is 11.9 Å². The zero-order valence-electron chi connectivity index (χ0n) is 9.33. The van der Waals surface area contributed by atoms with Crippen LogP contribution in [0.4, 0.5) is 0 Å². The van der Waals surface area contributed by atoms with Gasteiger partial charge in [0.15, 0.2) is 0 Å². The number of hydrogen-bond acceptors (Lipinski definition) is 3. The van der Waals surface area contributed by atoms with E-state index in [1.807, 2.05) is 11.8 Å². The molecule has 1 fully saturated rings. The average Bonchev–Trinajstić information content (AvgIpc) is 2.27. The van der Waals surface area contributed by atoms with Gasteiger partial charge in [-0.25, -0.2) is 0 Å². The molecule has 0 aliphatic carbocycles. The summed E-state index contributed by atoms with van der Waals surface area (Å²) in [4.78, 5) is 13.6. The van der Waals surface area contributed by atoms with Crippen LogP contribution < -0.4 is 5.32 Å². The van der Waals surface area contributed by atoms with Crippen molar-refractivity contribution in [2.45, 2.75) is 38.6 Å². The van der Waals surface area contributed by atoms with E-state index in [1.54, 1.807) is 0 Å². The fourth-order valence-corrected chi connectivity index (χ4v) is 1.73. The van der Waals surface area contributed by atoms with Gasteiger partial charge in [0.25, 0.3) is 0 Å². The van der Waals surface area contributed by atoms with Gasteiger partial charge in [-0.05, 0) is 26.2 Å². The second kappa shape index (κ2) is 6.41. The molecular formula is C11H19N3O. The van der Waals surface area contributed by atoms with E-state index in [2.05, 4.69) is 11.4 Å². The molecule has 0 aromatic rings. The molecule has 1 heterocycles. The second-order valence-electron chi connectivity index (χ2n) is 4.09. The van der Waals surface area contributed by atoms with Crippen LogP contribution in [0, 0.1) is 11.3 Å². The van der Waals surface area contributed by atoms with Crippen molar-refractivity contribution in [2.24, 2.45) is 0 Å². The Morgan fingerprint density at radius 2 is 2.13 bits per heavy atom. The molecule has 1 aliphatic rings. The first-order valence-electron chi connectivity index (χ1n) is 5.62. The van der Waals surface area contributed by atoms with Crippen LogP contribution >= 0.6 is 0 Å². The van der Waals surface area contributed by atoms with Crippen LogP contribution in [0.5, 0.6) is 0 Å². The Kier molecular flexibility index (Phi) is 5.13.